The van der Waals surface area contributed by atoms with Crippen LogP contribution < -0.4 is 14.8 Å². The van der Waals surface area contributed by atoms with E-state index < -0.39 is 0 Å². The number of anilines is 1. The molecule has 0 radical (unpaired) electrons. The van der Waals surface area contributed by atoms with E-state index in [0.29, 0.717) is 0 Å². The van der Waals surface area contributed by atoms with Crippen LogP contribution in [-0.4, -0.2) is 14.2 Å². The molecule has 1 unspecified atom stereocenters. The van der Waals surface area contributed by atoms with Crippen molar-refractivity contribution in [3.63, 3.8) is 0 Å². The van der Waals surface area contributed by atoms with Crippen LogP contribution in [0.15, 0.2) is 42.5 Å². The van der Waals surface area contributed by atoms with Crippen LogP contribution in [-0.2, 0) is 6.42 Å². The topological polar surface area (TPSA) is 30.5 Å². The predicted molar refractivity (Wildman–Crippen MR) is 87.4 cm³/mol. The number of rotatable bonds is 6. The lowest BCUT2D eigenvalue weighted by Crippen LogP contribution is -2.08. The number of hydrogen-bond donors (Lipinski definition) is 1. The maximum absolute atomic E-state index is 5.47. The number of ether oxygens (including phenoxy) is 2. The van der Waals surface area contributed by atoms with Gasteiger partial charge < -0.3 is 14.8 Å². The van der Waals surface area contributed by atoms with Gasteiger partial charge in [-0.3, -0.25) is 0 Å². The second kappa shape index (κ2) is 7.02. The molecule has 3 nitrogen and oxygen atoms in total. The Labute approximate surface area is 126 Å². The average Bonchev–Trinajstić information content (AvgIpc) is 2.54. The summed E-state index contributed by atoms with van der Waals surface area (Å²) in [5.74, 6) is 1.64. The van der Waals surface area contributed by atoms with Crippen LogP contribution >= 0.6 is 0 Å². The summed E-state index contributed by atoms with van der Waals surface area (Å²) in [5.41, 5.74) is 3.56. The van der Waals surface area contributed by atoms with Crippen LogP contribution in [0.5, 0.6) is 11.5 Å². The van der Waals surface area contributed by atoms with Gasteiger partial charge in [0, 0.05) is 17.3 Å². The maximum Gasteiger partial charge on any atom is 0.127 e. The third-order valence-corrected chi connectivity index (χ3v) is 3.63. The van der Waals surface area contributed by atoms with Crippen molar-refractivity contribution in [1.29, 1.82) is 0 Å². The summed E-state index contributed by atoms with van der Waals surface area (Å²) in [6.45, 7) is 4.29. The Morgan fingerprint density at radius 1 is 1.05 bits per heavy atom. The van der Waals surface area contributed by atoms with E-state index in [9.17, 15) is 0 Å². The summed E-state index contributed by atoms with van der Waals surface area (Å²) in [5, 5.41) is 3.52. The van der Waals surface area contributed by atoms with Gasteiger partial charge in [0.05, 0.1) is 20.3 Å². The summed E-state index contributed by atoms with van der Waals surface area (Å²) in [6.07, 6.45) is 1.04. The van der Waals surface area contributed by atoms with E-state index in [-0.39, 0.29) is 6.04 Å². The fourth-order valence-corrected chi connectivity index (χ4v) is 2.38. The van der Waals surface area contributed by atoms with Gasteiger partial charge in [0.1, 0.15) is 11.5 Å². The summed E-state index contributed by atoms with van der Waals surface area (Å²) in [7, 11) is 3.34. The molecule has 112 valence electrons. The lowest BCUT2D eigenvalue weighted by atomic mass is 10.1. The zero-order chi connectivity index (χ0) is 15.2. The molecule has 1 N–H and O–H groups in total. The highest BCUT2D eigenvalue weighted by Crippen LogP contribution is 2.31. The molecule has 0 amide bonds. The van der Waals surface area contributed by atoms with Crippen molar-refractivity contribution in [3.8, 4) is 11.5 Å². The number of aryl methyl sites for hydroxylation is 1. The first kappa shape index (κ1) is 15.2. The summed E-state index contributed by atoms with van der Waals surface area (Å²) >= 11 is 0. The molecule has 0 saturated carbocycles. The summed E-state index contributed by atoms with van der Waals surface area (Å²) < 4.78 is 10.7. The van der Waals surface area contributed by atoms with Crippen molar-refractivity contribution in [2.45, 2.75) is 26.3 Å². The monoisotopic (exact) mass is 285 g/mol. The van der Waals surface area contributed by atoms with Gasteiger partial charge in [-0.25, -0.2) is 0 Å². The third kappa shape index (κ3) is 3.69. The molecule has 0 aliphatic heterocycles. The molecule has 0 spiro atoms. The number of nitrogens with one attached hydrogen (secondary N) is 1. The van der Waals surface area contributed by atoms with Crippen molar-refractivity contribution >= 4 is 5.69 Å². The van der Waals surface area contributed by atoms with Crippen LogP contribution in [0.3, 0.4) is 0 Å². The lowest BCUT2D eigenvalue weighted by Gasteiger charge is -2.19. The molecule has 1 atom stereocenters. The number of methoxy groups -OCH3 is 2. The van der Waals surface area contributed by atoms with E-state index in [1.54, 1.807) is 14.2 Å². The van der Waals surface area contributed by atoms with Crippen LogP contribution in [0.2, 0.25) is 0 Å². The van der Waals surface area contributed by atoms with Crippen molar-refractivity contribution in [1.82, 2.24) is 0 Å². The molecule has 0 bridgehead atoms. The number of benzene rings is 2. The molecule has 2 rings (SSSR count). The highest BCUT2D eigenvalue weighted by molar-refractivity contribution is 5.50. The largest absolute Gasteiger partial charge is 0.497 e. The zero-order valence-electron chi connectivity index (χ0n) is 13.1. The highest BCUT2D eigenvalue weighted by Gasteiger charge is 2.12. The smallest absolute Gasteiger partial charge is 0.127 e. The average molecular weight is 285 g/mol. The SMILES string of the molecule is CCc1cccc(NC(C)c2ccc(OC)cc2OC)c1. The second-order valence-electron chi connectivity index (χ2n) is 5.03. The molecule has 2 aromatic carbocycles. The first-order chi connectivity index (χ1) is 10.2. The molecule has 0 fully saturated rings. The molecule has 0 aliphatic rings. The van der Waals surface area contributed by atoms with Gasteiger partial charge in [-0.05, 0) is 43.2 Å². The normalized spacial score (nSPS) is 11.8. The standard InChI is InChI=1S/C18H23NO2/c1-5-14-7-6-8-15(11-14)19-13(2)17-10-9-16(20-3)12-18(17)21-4/h6-13,19H,5H2,1-4H3. The van der Waals surface area contributed by atoms with Crippen LogP contribution in [0, 0.1) is 0 Å². The Hall–Kier alpha value is -2.16. The van der Waals surface area contributed by atoms with Gasteiger partial charge in [-0.2, -0.15) is 0 Å². The van der Waals surface area contributed by atoms with Crippen molar-refractivity contribution in [2.75, 3.05) is 19.5 Å². The second-order valence-corrected chi connectivity index (χ2v) is 5.03. The van der Waals surface area contributed by atoms with E-state index in [4.69, 9.17) is 9.47 Å². The molecule has 0 saturated heterocycles. The van der Waals surface area contributed by atoms with Crippen molar-refractivity contribution < 1.29 is 9.47 Å². The minimum Gasteiger partial charge on any atom is -0.497 e. The van der Waals surface area contributed by atoms with Crippen LogP contribution in [0.25, 0.3) is 0 Å². The van der Waals surface area contributed by atoms with Crippen LogP contribution in [0.4, 0.5) is 5.69 Å². The lowest BCUT2D eigenvalue weighted by molar-refractivity contribution is 0.390. The van der Waals surface area contributed by atoms with Gasteiger partial charge in [0.25, 0.3) is 0 Å². The molecular formula is C18H23NO2. The van der Waals surface area contributed by atoms with E-state index in [0.717, 1.165) is 29.2 Å². The van der Waals surface area contributed by atoms with Gasteiger partial charge in [0.15, 0.2) is 0 Å². The molecular weight excluding hydrogens is 262 g/mol. The molecule has 0 heterocycles. The highest BCUT2D eigenvalue weighted by atomic mass is 16.5. The van der Waals surface area contributed by atoms with E-state index >= 15 is 0 Å². The molecule has 21 heavy (non-hydrogen) atoms. The zero-order valence-corrected chi connectivity index (χ0v) is 13.1. The van der Waals surface area contributed by atoms with Gasteiger partial charge in [-0.15, -0.1) is 0 Å². The summed E-state index contributed by atoms with van der Waals surface area (Å²) in [4.78, 5) is 0. The fourth-order valence-electron chi connectivity index (χ4n) is 2.38. The quantitative estimate of drug-likeness (QED) is 0.851. The Bertz CT molecular complexity index is 596. The first-order valence-corrected chi connectivity index (χ1v) is 7.25. The van der Waals surface area contributed by atoms with E-state index in [2.05, 4.69) is 43.4 Å². The molecule has 2 aromatic rings. The molecule has 0 aliphatic carbocycles. The fraction of sp³-hybridized carbons (Fsp3) is 0.333. The van der Waals surface area contributed by atoms with Crippen LogP contribution in [0.1, 0.15) is 31.0 Å². The van der Waals surface area contributed by atoms with E-state index in [1.807, 2.05) is 18.2 Å². The van der Waals surface area contributed by atoms with Crippen molar-refractivity contribution in [2.24, 2.45) is 0 Å². The van der Waals surface area contributed by atoms with Gasteiger partial charge in [0.2, 0.25) is 0 Å². The first-order valence-electron chi connectivity index (χ1n) is 7.25. The summed E-state index contributed by atoms with van der Waals surface area (Å²) in [6, 6.07) is 14.6. The number of hydrogen-bond acceptors (Lipinski definition) is 3. The minimum atomic E-state index is 0.151. The van der Waals surface area contributed by atoms with Crippen molar-refractivity contribution in [3.05, 3.63) is 53.6 Å². The van der Waals surface area contributed by atoms with Gasteiger partial charge in [-0.1, -0.05) is 19.1 Å². The Morgan fingerprint density at radius 2 is 1.86 bits per heavy atom. The van der Waals surface area contributed by atoms with E-state index in [1.165, 1.54) is 5.56 Å². The molecule has 0 aromatic heterocycles. The van der Waals surface area contributed by atoms with Gasteiger partial charge >= 0.3 is 0 Å². The predicted octanol–water partition coefficient (Wildman–Crippen LogP) is 4.44. The minimum absolute atomic E-state index is 0.151. The Morgan fingerprint density at radius 3 is 2.52 bits per heavy atom. The Kier molecular flexibility index (Phi) is 5.09. The maximum atomic E-state index is 5.47. The Balaban J connectivity index is 2.21. The molecule has 3 heteroatoms. The third-order valence-electron chi connectivity index (χ3n) is 3.63.